The molecule has 0 radical (unpaired) electrons. The Bertz CT molecular complexity index is 66.5. The van der Waals surface area contributed by atoms with Gasteiger partial charge >= 0.3 is 0 Å². The average Bonchev–Trinajstić information content (AvgIpc) is 1.65. The maximum atomic E-state index is 5.37. The van der Waals surface area contributed by atoms with Crippen molar-refractivity contribution < 1.29 is 0 Å². The van der Waals surface area contributed by atoms with E-state index < -0.39 is 0 Å². The molecule has 0 aromatic heterocycles. The van der Waals surface area contributed by atoms with E-state index in [0.717, 1.165) is 5.57 Å². The van der Waals surface area contributed by atoms with Gasteiger partial charge < -0.3 is 11.5 Å². The highest BCUT2D eigenvalue weighted by Crippen LogP contribution is 1.88. The Morgan fingerprint density at radius 1 is 1.86 bits per heavy atom. The maximum Gasteiger partial charge on any atom is 0.0234 e. The van der Waals surface area contributed by atoms with Crippen molar-refractivity contribution in [3.63, 3.8) is 0 Å². The van der Waals surface area contributed by atoms with Crippen LogP contribution < -0.4 is 11.5 Å². The van der Waals surface area contributed by atoms with Crippen LogP contribution in [0.3, 0.4) is 0 Å². The lowest BCUT2D eigenvalue weighted by molar-refractivity contribution is 0.835. The summed E-state index contributed by atoms with van der Waals surface area (Å²) in [5.74, 6) is 0. The highest BCUT2D eigenvalue weighted by Gasteiger charge is 1.93. The van der Waals surface area contributed by atoms with E-state index in [2.05, 4.69) is 6.58 Å². The molecule has 1 atom stereocenters. The molecule has 7 heavy (non-hydrogen) atoms. The van der Waals surface area contributed by atoms with Crippen molar-refractivity contribution in [3.8, 4) is 0 Å². The van der Waals surface area contributed by atoms with E-state index in [-0.39, 0.29) is 6.04 Å². The first kappa shape index (κ1) is 6.66. The molecule has 0 fully saturated rings. The summed E-state index contributed by atoms with van der Waals surface area (Å²) in [6.07, 6.45) is 0. The van der Waals surface area contributed by atoms with E-state index in [4.69, 9.17) is 11.5 Å². The first-order chi connectivity index (χ1) is 3.18. The molecule has 0 spiro atoms. The normalized spacial score (nSPS) is 13.6. The Morgan fingerprint density at radius 3 is 2.29 bits per heavy atom. The Kier molecular flexibility index (Phi) is 2.64. The predicted octanol–water partition coefficient (Wildman–Crippen LogP) is -0.151. The topological polar surface area (TPSA) is 52.0 Å². The van der Waals surface area contributed by atoms with Gasteiger partial charge in [0.25, 0.3) is 0 Å². The summed E-state index contributed by atoms with van der Waals surface area (Å²) < 4.78 is 0. The minimum atomic E-state index is 0.0463. The number of hydrogen-bond donors (Lipinski definition) is 2. The van der Waals surface area contributed by atoms with Gasteiger partial charge in [-0.3, -0.25) is 0 Å². The molecule has 0 saturated carbocycles. The molecule has 0 aromatic rings. The maximum absolute atomic E-state index is 5.37. The molecule has 2 nitrogen and oxygen atoms in total. The molecule has 1 unspecified atom stereocenters. The van der Waals surface area contributed by atoms with Crippen molar-refractivity contribution in [2.45, 2.75) is 13.0 Å². The SMILES string of the molecule is C=C(CN)C(C)N. The van der Waals surface area contributed by atoms with E-state index in [0.29, 0.717) is 6.54 Å². The molecule has 0 heterocycles. The van der Waals surface area contributed by atoms with Crippen molar-refractivity contribution >= 4 is 0 Å². The van der Waals surface area contributed by atoms with E-state index in [1.807, 2.05) is 6.92 Å². The minimum absolute atomic E-state index is 0.0463. The van der Waals surface area contributed by atoms with Crippen molar-refractivity contribution in [1.82, 2.24) is 0 Å². The Labute approximate surface area is 44.2 Å². The molecular weight excluding hydrogens is 88.1 g/mol. The molecule has 0 aliphatic heterocycles. The summed E-state index contributed by atoms with van der Waals surface area (Å²) in [4.78, 5) is 0. The molecule has 0 aliphatic carbocycles. The largest absolute Gasteiger partial charge is 0.327 e. The summed E-state index contributed by atoms with van der Waals surface area (Å²) in [6.45, 7) is 5.99. The third kappa shape index (κ3) is 2.37. The molecule has 0 rings (SSSR count). The summed E-state index contributed by atoms with van der Waals surface area (Å²) in [7, 11) is 0. The molecule has 42 valence electrons. The molecule has 0 saturated heterocycles. The summed E-state index contributed by atoms with van der Waals surface area (Å²) >= 11 is 0. The molecule has 0 amide bonds. The van der Waals surface area contributed by atoms with Gasteiger partial charge in [-0.25, -0.2) is 0 Å². The van der Waals surface area contributed by atoms with Crippen LogP contribution in [-0.2, 0) is 0 Å². The summed E-state index contributed by atoms with van der Waals surface area (Å²) in [6, 6.07) is 0.0463. The zero-order valence-corrected chi connectivity index (χ0v) is 4.65. The van der Waals surface area contributed by atoms with Gasteiger partial charge in [-0.2, -0.15) is 0 Å². The van der Waals surface area contributed by atoms with Crippen molar-refractivity contribution in [2.24, 2.45) is 11.5 Å². The van der Waals surface area contributed by atoms with E-state index in [9.17, 15) is 0 Å². The fourth-order valence-corrected chi connectivity index (χ4v) is 0.186. The Balaban J connectivity index is 3.35. The second-order valence-corrected chi connectivity index (χ2v) is 1.65. The van der Waals surface area contributed by atoms with E-state index >= 15 is 0 Å². The highest BCUT2D eigenvalue weighted by atomic mass is 14.6. The van der Waals surface area contributed by atoms with Gasteiger partial charge in [-0.1, -0.05) is 6.58 Å². The molecule has 0 aliphatic rings. The second-order valence-electron chi connectivity index (χ2n) is 1.65. The van der Waals surface area contributed by atoms with Gasteiger partial charge in [0.2, 0.25) is 0 Å². The monoisotopic (exact) mass is 100 g/mol. The average molecular weight is 100 g/mol. The van der Waals surface area contributed by atoms with Crippen LogP contribution >= 0.6 is 0 Å². The Hall–Kier alpha value is -0.340. The standard InChI is InChI=1S/C5H12N2/c1-4(3-6)5(2)7/h5H,1,3,6-7H2,2H3. The highest BCUT2D eigenvalue weighted by molar-refractivity contribution is 5.02. The lowest BCUT2D eigenvalue weighted by atomic mass is 10.2. The molecule has 4 N–H and O–H groups in total. The van der Waals surface area contributed by atoms with Crippen LogP contribution in [0.4, 0.5) is 0 Å². The van der Waals surface area contributed by atoms with Gasteiger partial charge in [0.1, 0.15) is 0 Å². The fraction of sp³-hybridized carbons (Fsp3) is 0.600. The second kappa shape index (κ2) is 2.77. The Morgan fingerprint density at radius 2 is 2.29 bits per heavy atom. The van der Waals surface area contributed by atoms with Crippen molar-refractivity contribution in [1.29, 1.82) is 0 Å². The first-order valence-electron chi connectivity index (χ1n) is 2.31. The number of hydrogen-bond acceptors (Lipinski definition) is 2. The summed E-state index contributed by atoms with van der Waals surface area (Å²) in [5.41, 5.74) is 11.5. The van der Waals surface area contributed by atoms with E-state index in [1.165, 1.54) is 0 Å². The van der Waals surface area contributed by atoms with Gasteiger partial charge in [0.15, 0.2) is 0 Å². The molecule has 2 heteroatoms. The first-order valence-corrected chi connectivity index (χ1v) is 2.31. The van der Waals surface area contributed by atoms with Crippen LogP contribution in [0.25, 0.3) is 0 Å². The molecular formula is C5H12N2. The molecule has 0 bridgehead atoms. The lowest BCUT2D eigenvalue weighted by Gasteiger charge is -2.03. The van der Waals surface area contributed by atoms with Gasteiger partial charge in [0.05, 0.1) is 0 Å². The fourth-order valence-electron chi connectivity index (χ4n) is 0.186. The number of rotatable bonds is 2. The van der Waals surface area contributed by atoms with Crippen LogP contribution in [-0.4, -0.2) is 12.6 Å². The zero-order valence-electron chi connectivity index (χ0n) is 4.65. The van der Waals surface area contributed by atoms with Crippen molar-refractivity contribution in [3.05, 3.63) is 12.2 Å². The quantitative estimate of drug-likeness (QED) is 0.474. The summed E-state index contributed by atoms with van der Waals surface area (Å²) in [5, 5.41) is 0. The van der Waals surface area contributed by atoms with Gasteiger partial charge in [-0.05, 0) is 12.5 Å². The minimum Gasteiger partial charge on any atom is -0.327 e. The van der Waals surface area contributed by atoms with Crippen LogP contribution in [0.5, 0.6) is 0 Å². The predicted molar refractivity (Wildman–Crippen MR) is 31.8 cm³/mol. The van der Waals surface area contributed by atoms with E-state index in [1.54, 1.807) is 0 Å². The third-order valence-electron chi connectivity index (χ3n) is 0.906. The van der Waals surface area contributed by atoms with Crippen LogP contribution in [0, 0.1) is 0 Å². The molecule has 0 aromatic carbocycles. The van der Waals surface area contributed by atoms with Crippen LogP contribution in [0.2, 0.25) is 0 Å². The van der Waals surface area contributed by atoms with Crippen LogP contribution in [0.15, 0.2) is 12.2 Å². The lowest BCUT2D eigenvalue weighted by Crippen LogP contribution is -2.22. The van der Waals surface area contributed by atoms with Gasteiger partial charge in [0, 0.05) is 12.6 Å². The number of nitrogens with two attached hydrogens (primary N) is 2. The smallest absolute Gasteiger partial charge is 0.0234 e. The van der Waals surface area contributed by atoms with Crippen LogP contribution in [0.1, 0.15) is 6.92 Å². The van der Waals surface area contributed by atoms with Crippen molar-refractivity contribution in [2.75, 3.05) is 6.54 Å². The zero-order chi connectivity index (χ0) is 5.86. The van der Waals surface area contributed by atoms with Gasteiger partial charge in [-0.15, -0.1) is 0 Å². The third-order valence-corrected chi connectivity index (χ3v) is 0.906.